The molecule has 1 aliphatic rings. The molecular weight excluding hydrogens is 351 g/mol. The Kier molecular flexibility index (Phi) is 3.75. The Labute approximate surface area is 126 Å². The van der Waals surface area contributed by atoms with E-state index < -0.39 is 6.10 Å². The summed E-state index contributed by atoms with van der Waals surface area (Å²) in [5, 5.41) is 10.3. The van der Waals surface area contributed by atoms with Crippen molar-refractivity contribution in [2.75, 3.05) is 0 Å². The van der Waals surface area contributed by atoms with Crippen LogP contribution in [0.15, 0.2) is 48.5 Å². The van der Waals surface area contributed by atoms with Crippen LogP contribution >= 0.6 is 22.6 Å². The predicted octanol–water partition coefficient (Wildman–Crippen LogP) is 3.20. The lowest BCUT2D eigenvalue weighted by Crippen LogP contribution is -2.31. The van der Waals surface area contributed by atoms with Gasteiger partial charge < -0.3 is 9.84 Å². The molecule has 2 unspecified atom stereocenters. The number of fused-ring (bicyclic) bond motifs is 1. The van der Waals surface area contributed by atoms with Gasteiger partial charge in [0, 0.05) is 16.4 Å². The molecule has 0 bridgehead atoms. The predicted molar refractivity (Wildman–Crippen MR) is 83.4 cm³/mol. The molecule has 2 atom stereocenters. The van der Waals surface area contributed by atoms with Gasteiger partial charge in [-0.2, -0.15) is 0 Å². The maximum absolute atomic E-state index is 10.3. The minimum atomic E-state index is -0.465. The smallest absolute Gasteiger partial charge is 0.129 e. The summed E-state index contributed by atoms with van der Waals surface area (Å²) in [5.41, 5.74) is 2.33. The molecular formula is C16H15IO2. The van der Waals surface area contributed by atoms with Gasteiger partial charge in [-0.15, -0.1) is 0 Å². The molecule has 0 radical (unpaired) electrons. The average Bonchev–Trinajstić information content (AvgIpc) is 2.85. The van der Waals surface area contributed by atoms with Crippen molar-refractivity contribution in [3.05, 3.63) is 63.2 Å². The molecule has 0 amide bonds. The van der Waals surface area contributed by atoms with E-state index in [1.807, 2.05) is 18.2 Å². The number of aliphatic hydroxyl groups is 1. The van der Waals surface area contributed by atoms with E-state index in [1.54, 1.807) is 0 Å². The van der Waals surface area contributed by atoms with E-state index in [1.165, 1.54) is 9.13 Å². The number of rotatable bonds is 3. The van der Waals surface area contributed by atoms with Gasteiger partial charge in [-0.3, -0.25) is 0 Å². The molecule has 3 rings (SSSR count). The minimum Gasteiger partial charge on any atom is -0.487 e. The zero-order valence-corrected chi connectivity index (χ0v) is 12.6. The van der Waals surface area contributed by atoms with E-state index in [0.29, 0.717) is 6.42 Å². The second kappa shape index (κ2) is 5.51. The fourth-order valence-electron chi connectivity index (χ4n) is 2.42. The summed E-state index contributed by atoms with van der Waals surface area (Å²) in [6.45, 7) is 0. The van der Waals surface area contributed by atoms with Crippen molar-refractivity contribution in [2.45, 2.75) is 25.0 Å². The Balaban J connectivity index is 1.66. The van der Waals surface area contributed by atoms with Gasteiger partial charge in [-0.05, 0) is 51.9 Å². The third-order valence-corrected chi connectivity index (χ3v) is 4.18. The normalized spacial score (nSPS) is 18.7. The average molecular weight is 366 g/mol. The van der Waals surface area contributed by atoms with Gasteiger partial charge in [0.05, 0.1) is 6.10 Å². The molecule has 19 heavy (non-hydrogen) atoms. The van der Waals surface area contributed by atoms with Crippen LogP contribution < -0.4 is 4.74 Å². The highest BCUT2D eigenvalue weighted by atomic mass is 127. The zero-order valence-electron chi connectivity index (χ0n) is 10.4. The number of ether oxygens (including phenoxy) is 1. The van der Waals surface area contributed by atoms with Crippen molar-refractivity contribution in [2.24, 2.45) is 0 Å². The van der Waals surface area contributed by atoms with Gasteiger partial charge in [0.1, 0.15) is 11.9 Å². The fraction of sp³-hybridized carbons (Fsp3) is 0.250. The van der Waals surface area contributed by atoms with Crippen LogP contribution in [0.3, 0.4) is 0 Å². The summed E-state index contributed by atoms with van der Waals surface area (Å²) in [4.78, 5) is 0. The first-order chi connectivity index (χ1) is 9.22. The Bertz CT molecular complexity index is 540. The van der Waals surface area contributed by atoms with Crippen LogP contribution in [0.5, 0.6) is 5.75 Å². The van der Waals surface area contributed by atoms with Crippen molar-refractivity contribution in [3.63, 3.8) is 0 Å². The Hall–Kier alpha value is -1.07. The zero-order chi connectivity index (χ0) is 13.2. The van der Waals surface area contributed by atoms with Gasteiger partial charge in [-0.1, -0.05) is 30.3 Å². The molecule has 0 saturated carbocycles. The molecule has 1 N–H and O–H groups in total. The van der Waals surface area contributed by atoms with Gasteiger partial charge >= 0.3 is 0 Å². The molecule has 1 heterocycles. The second-order valence-corrected chi connectivity index (χ2v) is 6.11. The van der Waals surface area contributed by atoms with E-state index in [4.69, 9.17) is 4.74 Å². The first kappa shape index (κ1) is 12.9. The standard InChI is InChI=1S/C16H15IO2/c17-13-7-5-11(6-8-13)9-14(18)16-10-12-3-1-2-4-15(12)19-16/h1-8,14,16,18H,9-10H2. The number of halogens is 1. The Morgan fingerprint density at radius 1 is 1.16 bits per heavy atom. The maximum Gasteiger partial charge on any atom is 0.129 e. The minimum absolute atomic E-state index is 0.128. The van der Waals surface area contributed by atoms with Crippen LogP contribution in [0.4, 0.5) is 0 Å². The molecule has 0 saturated heterocycles. The van der Waals surface area contributed by atoms with E-state index >= 15 is 0 Å². The molecule has 0 aromatic heterocycles. The monoisotopic (exact) mass is 366 g/mol. The second-order valence-electron chi connectivity index (χ2n) is 4.87. The number of benzene rings is 2. The molecule has 3 heteroatoms. The molecule has 98 valence electrons. The number of hydrogen-bond acceptors (Lipinski definition) is 2. The van der Waals surface area contributed by atoms with E-state index in [9.17, 15) is 5.11 Å². The third-order valence-electron chi connectivity index (χ3n) is 3.46. The molecule has 0 spiro atoms. The van der Waals surface area contributed by atoms with Crippen LogP contribution in [0.1, 0.15) is 11.1 Å². The van der Waals surface area contributed by atoms with E-state index in [-0.39, 0.29) is 6.10 Å². The van der Waals surface area contributed by atoms with Crippen LogP contribution in [-0.2, 0) is 12.8 Å². The highest BCUT2D eigenvalue weighted by Crippen LogP contribution is 2.30. The molecule has 2 aromatic carbocycles. The molecule has 2 nitrogen and oxygen atoms in total. The largest absolute Gasteiger partial charge is 0.487 e. The van der Waals surface area contributed by atoms with Crippen molar-refractivity contribution in [3.8, 4) is 5.75 Å². The van der Waals surface area contributed by atoms with Crippen molar-refractivity contribution in [1.29, 1.82) is 0 Å². The van der Waals surface area contributed by atoms with Gasteiger partial charge in [0.2, 0.25) is 0 Å². The summed E-state index contributed by atoms with van der Waals surface area (Å²) >= 11 is 2.28. The Morgan fingerprint density at radius 3 is 2.63 bits per heavy atom. The summed E-state index contributed by atoms with van der Waals surface area (Å²) in [6.07, 6.45) is 0.834. The van der Waals surface area contributed by atoms with Crippen molar-refractivity contribution in [1.82, 2.24) is 0 Å². The maximum atomic E-state index is 10.3. The summed E-state index contributed by atoms with van der Waals surface area (Å²) in [5.74, 6) is 0.911. The van der Waals surface area contributed by atoms with Crippen LogP contribution in [0, 0.1) is 3.57 Å². The highest BCUT2D eigenvalue weighted by molar-refractivity contribution is 14.1. The first-order valence-electron chi connectivity index (χ1n) is 6.39. The molecule has 2 aromatic rings. The Morgan fingerprint density at radius 2 is 1.89 bits per heavy atom. The fourth-order valence-corrected chi connectivity index (χ4v) is 2.78. The SMILES string of the molecule is OC(Cc1ccc(I)cc1)C1Cc2ccccc2O1. The molecule has 0 aliphatic carbocycles. The number of hydrogen-bond donors (Lipinski definition) is 1. The van der Waals surface area contributed by atoms with Crippen molar-refractivity contribution < 1.29 is 9.84 Å². The quantitative estimate of drug-likeness (QED) is 0.846. The van der Waals surface area contributed by atoms with E-state index in [0.717, 1.165) is 17.7 Å². The number of para-hydroxylation sites is 1. The van der Waals surface area contributed by atoms with Gasteiger partial charge in [-0.25, -0.2) is 0 Å². The van der Waals surface area contributed by atoms with E-state index in [2.05, 4.69) is 52.9 Å². The lowest BCUT2D eigenvalue weighted by Gasteiger charge is -2.18. The summed E-state index contributed by atoms with van der Waals surface area (Å²) in [6, 6.07) is 16.3. The number of aliphatic hydroxyl groups excluding tert-OH is 1. The van der Waals surface area contributed by atoms with Crippen LogP contribution in [0.2, 0.25) is 0 Å². The van der Waals surface area contributed by atoms with Gasteiger partial charge in [0.25, 0.3) is 0 Å². The summed E-state index contributed by atoms with van der Waals surface area (Å²) < 4.78 is 7.02. The first-order valence-corrected chi connectivity index (χ1v) is 7.47. The van der Waals surface area contributed by atoms with Crippen LogP contribution in [-0.4, -0.2) is 17.3 Å². The lowest BCUT2D eigenvalue weighted by molar-refractivity contribution is 0.0503. The van der Waals surface area contributed by atoms with Gasteiger partial charge in [0.15, 0.2) is 0 Å². The third kappa shape index (κ3) is 2.92. The lowest BCUT2D eigenvalue weighted by atomic mass is 10.0. The van der Waals surface area contributed by atoms with Crippen molar-refractivity contribution >= 4 is 22.6 Å². The topological polar surface area (TPSA) is 29.5 Å². The van der Waals surface area contributed by atoms with Crippen LogP contribution in [0.25, 0.3) is 0 Å². The molecule has 0 fully saturated rings. The highest BCUT2D eigenvalue weighted by Gasteiger charge is 2.28. The molecule has 1 aliphatic heterocycles. The summed E-state index contributed by atoms with van der Waals surface area (Å²) in [7, 11) is 0.